The molecule has 0 saturated carbocycles. The van der Waals surface area contributed by atoms with E-state index in [1.54, 1.807) is 13.3 Å². The van der Waals surface area contributed by atoms with Gasteiger partial charge in [0.1, 0.15) is 0 Å². The zero-order valence-corrected chi connectivity index (χ0v) is 14.7. The number of carbonyl (C=O) groups excluding carboxylic acids is 1. The first-order valence-electron chi connectivity index (χ1n) is 8.80. The van der Waals surface area contributed by atoms with Gasteiger partial charge in [0, 0.05) is 38.0 Å². The fourth-order valence-electron chi connectivity index (χ4n) is 3.43. The van der Waals surface area contributed by atoms with E-state index >= 15 is 0 Å². The number of rotatable bonds is 7. The summed E-state index contributed by atoms with van der Waals surface area (Å²) in [6.07, 6.45) is 4.04. The number of hydrogen-bond donors (Lipinski definition) is 2. The molecule has 134 valence electrons. The Labute approximate surface area is 148 Å². The van der Waals surface area contributed by atoms with E-state index in [1.165, 1.54) is 5.69 Å². The molecule has 2 N–H and O–H groups in total. The van der Waals surface area contributed by atoms with Gasteiger partial charge in [-0.25, -0.2) is 0 Å². The van der Waals surface area contributed by atoms with E-state index in [2.05, 4.69) is 20.4 Å². The molecule has 1 aliphatic rings. The average molecular weight is 342 g/mol. The maximum Gasteiger partial charge on any atom is 0.234 e. The second kappa shape index (κ2) is 8.78. The summed E-state index contributed by atoms with van der Waals surface area (Å²) in [7, 11) is 1.68. The molecule has 1 aromatic carbocycles. The van der Waals surface area contributed by atoms with Crippen LogP contribution in [0.5, 0.6) is 0 Å². The number of aromatic amines is 1. The lowest BCUT2D eigenvalue weighted by Crippen LogP contribution is -2.42. The lowest BCUT2D eigenvalue weighted by atomic mass is 9.95. The fourth-order valence-corrected chi connectivity index (χ4v) is 3.43. The summed E-state index contributed by atoms with van der Waals surface area (Å²) < 4.78 is 5.22. The topological polar surface area (TPSA) is 70.2 Å². The Balaban J connectivity index is 1.49. The fraction of sp³-hybridized carbons (Fsp3) is 0.474. The van der Waals surface area contributed by atoms with Gasteiger partial charge in [0.2, 0.25) is 5.91 Å². The van der Waals surface area contributed by atoms with Crippen molar-refractivity contribution in [3.8, 4) is 0 Å². The summed E-state index contributed by atoms with van der Waals surface area (Å²) >= 11 is 0. The van der Waals surface area contributed by atoms with Gasteiger partial charge in [-0.3, -0.25) is 14.8 Å². The number of benzene rings is 1. The van der Waals surface area contributed by atoms with Crippen LogP contribution in [0.25, 0.3) is 0 Å². The molecule has 0 spiro atoms. The zero-order chi connectivity index (χ0) is 17.5. The number of nitrogens with zero attached hydrogens (tertiary/aromatic N) is 2. The number of hydrogen-bond acceptors (Lipinski definition) is 4. The van der Waals surface area contributed by atoms with E-state index in [1.807, 2.05) is 30.3 Å². The van der Waals surface area contributed by atoms with Crippen molar-refractivity contribution >= 4 is 5.91 Å². The molecular weight excluding hydrogens is 316 g/mol. The van der Waals surface area contributed by atoms with Crippen molar-refractivity contribution in [1.29, 1.82) is 0 Å². The molecule has 6 nitrogen and oxygen atoms in total. The smallest absolute Gasteiger partial charge is 0.234 e. The highest BCUT2D eigenvalue weighted by Crippen LogP contribution is 2.24. The molecule has 25 heavy (non-hydrogen) atoms. The Bertz CT molecular complexity index is 672. The molecule has 1 aliphatic heterocycles. The average Bonchev–Trinajstić information content (AvgIpc) is 3.16. The summed E-state index contributed by atoms with van der Waals surface area (Å²) in [6.45, 7) is 3.41. The molecule has 0 radical (unpaired) electrons. The van der Waals surface area contributed by atoms with Crippen LogP contribution in [0, 0.1) is 0 Å². The maximum atomic E-state index is 12.3. The van der Waals surface area contributed by atoms with Gasteiger partial charge >= 0.3 is 0 Å². The summed E-state index contributed by atoms with van der Waals surface area (Å²) in [5.41, 5.74) is 3.38. The van der Waals surface area contributed by atoms with Gasteiger partial charge < -0.3 is 10.1 Å². The first-order chi connectivity index (χ1) is 12.3. The van der Waals surface area contributed by atoms with Crippen LogP contribution in [0.3, 0.4) is 0 Å². The van der Waals surface area contributed by atoms with Crippen LogP contribution in [-0.2, 0) is 22.7 Å². The monoisotopic (exact) mass is 342 g/mol. The van der Waals surface area contributed by atoms with Crippen LogP contribution in [0.1, 0.15) is 35.6 Å². The standard InChI is InChI=1S/C19H26N4O2/c1-25-14-17-6-3-2-5-15(17)11-20-19(24)13-23-10-4-7-16(12-23)18-8-9-21-22-18/h2-3,5-6,8-9,16H,4,7,10-14H2,1H3,(H,20,24)(H,21,22)/t16-/m1/s1. The van der Waals surface area contributed by atoms with Gasteiger partial charge in [-0.1, -0.05) is 24.3 Å². The Morgan fingerprint density at radius 3 is 2.96 bits per heavy atom. The molecule has 1 atom stereocenters. The Morgan fingerprint density at radius 2 is 2.20 bits per heavy atom. The molecular formula is C19H26N4O2. The number of piperidine rings is 1. The van der Waals surface area contributed by atoms with E-state index in [4.69, 9.17) is 4.74 Å². The number of aromatic nitrogens is 2. The quantitative estimate of drug-likeness (QED) is 0.808. The number of likely N-dealkylation sites (tertiary alicyclic amines) is 1. The number of amides is 1. The third kappa shape index (κ3) is 4.90. The summed E-state index contributed by atoms with van der Waals surface area (Å²) in [6, 6.07) is 10.1. The van der Waals surface area contributed by atoms with Crippen molar-refractivity contribution in [2.24, 2.45) is 0 Å². The largest absolute Gasteiger partial charge is 0.380 e. The van der Waals surface area contributed by atoms with Crippen molar-refractivity contribution < 1.29 is 9.53 Å². The molecule has 6 heteroatoms. The summed E-state index contributed by atoms with van der Waals surface area (Å²) in [5.74, 6) is 0.504. The molecule has 0 bridgehead atoms. The van der Waals surface area contributed by atoms with Gasteiger partial charge in [0.15, 0.2) is 0 Å². The third-order valence-corrected chi connectivity index (χ3v) is 4.73. The van der Waals surface area contributed by atoms with Crippen LogP contribution in [0.2, 0.25) is 0 Å². The number of carbonyl (C=O) groups is 1. The van der Waals surface area contributed by atoms with Crippen molar-refractivity contribution in [1.82, 2.24) is 20.4 Å². The predicted octanol–water partition coefficient (Wildman–Crippen LogP) is 2.05. The van der Waals surface area contributed by atoms with Gasteiger partial charge in [0.05, 0.1) is 13.2 Å². The molecule has 0 aliphatic carbocycles. The molecule has 0 unspecified atom stereocenters. The number of ether oxygens (including phenoxy) is 1. The second-order valence-electron chi connectivity index (χ2n) is 6.56. The lowest BCUT2D eigenvalue weighted by molar-refractivity contribution is -0.122. The molecule has 1 aromatic heterocycles. The van der Waals surface area contributed by atoms with Gasteiger partial charge in [-0.05, 0) is 36.6 Å². The zero-order valence-electron chi connectivity index (χ0n) is 14.7. The molecule has 1 saturated heterocycles. The van der Waals surface area contributed by atoms with E-state index in [-0.39, 0.29) is 5.91 Å². The minimum Gasteiger partial charge on any atom is -0.380 e. The van der Waals surface area contributed by atoms with Gasteiger partial charge in [-0.15, -0.1) is 0 Å². The van der Waals surface area contributed by atoms with Crippen LogP contribution in [0.4, 0.5) is 0 Å². The minimum atomic E-state index is 0.0671. The second-order valence-corrected chi connectivity index (χ2v) is 6.56. The highest BCUT2D eigenvalue weighted by Gasteiger charge is 2.23. The number of methoxy groups -OCH3 is 1. The molecule has 2 aromatic rings. The first-order valence-corrected chi connectivity index (χ1v) is 8.80. The summed E-state index contributed by atoms with van der Waals surface area (Å²) in [4.78, 5) is 14.6. The lowest BCUT2D eigenvalue weighted by Gasteiger charge is -2.31. The van der Waals surface area contributed by atoms with Crippen molar-refractivity contribution in [3.63, 3.8) is 0 Å². The van der Waals surface area contributed by atoms with Crippen LogP contribution in [-0.4, -0.2) is 47.7 Å². The summed E-state index contributed by atoms with van der Waals surface area (Å²) in [5, 5.41) is 10.1. The Morgan fingerprint density at radius 1 is 1.36 bits per heavy atom. The first kappa shape index (κ1) is 17.6. The van der Waals surface area contributed by atoms with Crippen molar-refractivity contribution in [2.75, 3.05) is 26.7 Å². The minimum absolute atomic E-state index is 0.0671. The van der Waals surface area contributed by atoms with Crippen LogP contribution >= 0.6 is 0 Å². The highest BCUT2D eigenvalue weighted by atomic mass is 16.5. The van der Waals surface area contributed by atoms with E-state index in [0.717, 1.165) is 37.1 Å². The molecule has 1 amide bonds. The van der Waals surface area contributed by atoms with E-state index in [0.29, 0.717) is 25.6 Å². The Kier molecular flexibility index (Phi) is 6.19. The molecule has 3 rings (SSSR count). The van der Waals surface area contributed by atoms with Crippen molar-refractivity contribution in [2.45, 2.75) is 31.9 Å². The number of nitrogens with one attached hydrogen (secondary N) is 2. The molecule has 2 heterocycles. The van der Waals surface area contributed by atoms with E-state index in [9.17, 15) is 4.79 Å². The normalized spacial score (nSPS) is 18.2. The predicted molar refractivity (Wildman–Crippen MR) is 96.0 cm³/mol. The van der Waals surface area contributed by atoms with E-state index < -0.39 is 0 Å². The molecule has 1 fully saturated rings. The SMILES string of the molecule is COCc1ccccc1CNC(=O)CN1CCC[C@@H](c2ccn[nH]2)C1. The number of H-pyrrole nitrogens is 1. The van der Waals surface area contributed by atoms with Gasteiger partial charge in [0.25, 0.3) is 0 Å². The highest BCUT2D eigenvalue weighted by molar-refractivity contribution is 5.78. The van der Waals surface area contributed by atoms with Crippen LogP contribution < -0.4 is 5.32 Å². The van der Waals surface area contributed by atoms with Crippen LogP contribution in [0.15, 0.2) is 36.5 Å². The van der Waals surface area contributed by atoms with Gasteiger partial charge in [-0.2, -0.15) is 5.10 Å². The maximum absolute atomic E-state index is 12.3. The van der Waals surface area contributed by atoms with Crippen molar-refractivity contribution in [3.05, 3.63) is 53.3 Å². The third-order valence-electron chi connectivity index (χ3n) is 4.73. The Hall–Kier alpha value is -2.18.